The van der Waals surface area contributed by atoms with E-state index in [2.05, 4.69) is 0 Å². The first-order valence-electron chi connectivity index (χ1n) is 5.43. The summed E-state index contributed by atoms with van der Waals surface area (Å²) in [7, 11) is 1.32. The molecule has 0 bridgehead atoms. The Hall–Kier alpha value is -2.20. The Balaban J connectivity index is 2.86. The lowest BCUT2D eigenvalue weighted by atomic mass is 9.98. The molecule has 19 heavy (non-hydrogen) atoms. The van der Waals surface area contributed by atoms with Gasteiger partial charge in [-0.3, -0.25) is 4.79 Å². The van der Waals surface area contributed by atoms with E-state index >= 15 is 0 Å². The molecular formula is C14H11ClO4. The second-order valence-corrected chi connectivity index (χ2v) is 4.19. The fraction of sp³-hybridized carbons (Fsp3) is 0.0714. The zero-order valence-electron chi connectivity index (χ0n) is 10.1. The summed E-state index contributed by atoms with van der Waals surface area (Å²) in [4.78, 5) is 11.2. The second-order valence-electron chi connectivity index (χ2n) is 3.82. The highest BCUT2D eigenvalue weighted by Gasteiger charge is 2.23. The summed E-state index contributed by atoms with van der Waals surface area (Å²) < 4.78 is 4.96. The van der Waals surface area contributed by atoms with E-state index < -0.39 is 11.5 Å². The Kier molecular flexibility index (Phi) is 3.62. The van der Waals surface area contributed by atoms with Gasteiger partial charge in [0.1, 0.15) is 0 Å². The van der Waals surface area contributed by atoms with Crippen LogP contribution >= 0.6 is 11.6 Å². The Morgan fingerprint density at radius 2 is 1.79 bits per heavy atom. The third-order valence-electron chi connectivity index (χ3n) is 2.77. The van der Waals surface area contributed by atoms with Crippen LogP contribution in [0.15, 0.2) is 30.3 Å². The third-order valence-corrected chi connectivity index (χ3v) is 3.13. The lowest BCUT2D eigenvalue weighted by Crippen LogP contribution is -1.95. The van der Waals surface area contributed by atoms with Gasteiger partial charge < -0.3 is 14.9 Å². The van der Waals surface area contributed by atoms with Gasteiger partial charge in [0.25, 0.3) is 0 Å². The summed E-state index contributed by atoms with van der Waals surface area (Å²) in [5.74, 6) is -1.16. The average Bonchev–Trinajstić information content (AvgIpc) is 2.44. The van der Waals surface area contributed by atoms with Crippen LogP contribution < -0.4 is 4.74 Å². The fourth-order valence-corrected chi connectivity index (χ4v) is 2.25. The molecule has 2 N–H and O–H groups in total. The summed E-state index contributed by atoms with van der Waals surface area (Å²) in [6.45, 7) is 0. The van der Waals surface area contributed by atoms with Crippen molar-refractivity contribution in [2.24, 2.45) is 0 Å². The molecule has 0 spiro atoms. The van der Waals surface area contributed by atoms with Gasteiger partial charge in [-0.25, -0.2) is 0 Å². The van der Waals surface area contributed by atoms with Gasteiger partial charge in [-0.15, -0.1) is 0 Å². The normalized spacial score (nSPS) is 10.2. The summed E-state index contributed by atoms with van der Waals surface area (Å²) in [5.41, 5.74) is 0.891. The van der Waals surface area contributed by atoms with Gasteiger partial charge in [-0.2, -0.15) is 0 Å². The molecule has 0 radical (unpaired) electrons. The Bertz CT molecular complexity index is 623. The molecule has 0 unspecified atom stereocenters. The monoisotopic (exact) mass is 278 g/mol. The van der Waals surface area contributed by atoms with Crippen LogP contribution in [-0.2, 0) is 0 Å². The number of hydrogen-bond acceptors (Lipinski definition) is 4. The van der Waals surface area contributed by atoms with Gasteiger partial charge in [-0.1, -0.05) is 41.9 Å². The van der Waals surface area contributed by atoms with Crippen molar-refractivity contribution in [3.05, 3.63) is 40.9 Å². The molecule has 0 aliphatic carbocycles. The number of ether oxygens (including phenoxy) is 1. The molecule has 2 rings (SSSR count). The first-order valence-corrected chi connectivity index (χ1v) is 5.81. The van der Waals surface area contributed by atoms with Crippen LogP contribution in [-0.4, -0.2) is 23.6 Å². The van der Waals surface area contributed by atoms with Crippen molar-refractivity contribution >= 4 is 17.9 Å². The number of halogens is 1. The van der Waals surface area contributed by atoms with Crippen molar-refractivity contribution in [2.45, 2.75) is 0 Å². The standard InChI is InChI=1S/C14H11ClO4/c1-19-14-11(15)10(8-5-3-2-4-6-8)9(7-16)12(17)13(14)18/h2-7,17-18H,1H3. The van der Waals surface area contributed by atoms with Crippen molar-refractivity contribution in [1.82, 2.24) is 0 Å². The molecule has 4 nitrogen and oxygen atoms in total. The van der Waals surface area contributed by atoms with Gasteiger partial charge in [0.2, 0.25) is 5.75 Å². The van der Waals surface area contributed by atoms with Gasteiger partial charge in [-0.05, 0) is 5.56 Å². The molecule has 2 aromatic rings. The number of phenols is 2. The van der Waals surface area contributed by atoms with E-state index in [1.807, 2.05) is 6.07 Å². The Morgan fingerprint density at radius 3 is 2.32 bits per heavy atom. The van der Waals surface area contributed by atoms with Crippen LogP contribution in [0.3, 0.4) is 0 Å². The summed E-state index contributed by atoms with van der Waals surface area (Å²) in [5, 5.41) is 19.7. The SMILES string of the molecule is COc1c(O)c(O)c(C=O)c(-c2ccccc2)c1Cl. The van der Waals surface area contributed by atoms with Gasteiger partial charge in [0, 0.05) is 5.56 Å². The van der Waals surface area contributed by atoms with Crippen LogP contribution in [0.4, 0.5) is 0 Å². The molecule has 0 atom stereocenters. The van der Waals surface area contributed by atoms with Crippen molar-refractivity contribution in [3.63, 3.8) is 0 Å². The second kappa shape index (κ2) is 5.20. The van der Waals surface area contributed by atoms with E-state index in [1.165, 1.54) is 7.11 Å². The van der Waals surface area contributed by atoms with E-state index in [0.29, 0.717) is 17.4 Å². The molecule has 0 aliphatic heterocycles. The number of methoxy groups -OCH3 is 1. The van der Waals surface area contributed by atoms with E-state index in [9.17, 15) is 15.0 Å². The highest BCUT2D eigenvalue weighted by Crippen LogP contribution is 2.49. The summed E-state index contributed by atoms with van der Waals surface area (Å²) in [6.07, 6.45) is 0.447. The summed E-state index contributed by atoms with van der Waals surface area (Å²) >= 11 is 6.15. The number of rotatable bonds is 3. The Morgan fingerprint density at radius 1 is 1.16 bits per heavy atom. The maximum Gasteiger partial charge on any atom is 0.202 e. The minimum atomic E-state index is -0.547. The number of carbonyl (C=O) groups is 1. The number of phenolic OH excluding ortho intramolecular Hbond substituents is 2. The molecule has 0 saturated carbocycles. The Labute approximate surface area is 114 Å². The van der Waals surface area contributed by atoms with Crippen LogP contribution in [0, 0.1) is 0 Å². The lowest BCUT2D eigenvalue weighted by molar-refractivity contribution is 0.112. The van der Waals surface area contributed by atoms with Crippen molar-refractivity contribution < 1.29 is 19.7 Å². The number of aldehydes is 1. The van der Waals surface area contributed by atoms with Crippen molar-refractivity contribution in [3.8, 4) is 28.4 Å². The molecule has 0 amide bonds. The lowest BCUT2D eigenvalue weighted by Gasteiger charge is -2.15. The molecule has 0 aromatic heterocycles. The fourth-order valence-electron chi connectivity index (χ4n) is 1.88. The molecule has 5 heteroatoms. The molecule has 0 heterocycles. The highest BCUT2D eigenvalue weighted by atomic mass is 35.5. The first-order chi connectivity index (χ1) is 9.11. The zero-order valence-corrected chi connectivity index (χ0v) is 10.8. The van der Waals surface area contributed by atoms with E-state index in [4.69, 9.17) is 16.3 Å². The van der Waals surface area contributed by atoms with Gasteiger partial charge >= 0.3 is 0 Å². The van der Waals surface area contributed by atoms with Crippen molar-refractivity contribution in [2.75, 3.05) is 7.11 Å². The van der Waals surface area contributed by atoms with E-state index in [1.54, 1.807) is 24.3 Å². The van der Waals surface area contributed by atoms with Crippen LogP contribution in [0.25, 0.3) is 11.1 Å². The predicted molar refractivity (Wildman–Crippen MR) is 72.2 cm³/mol. The number of benzene rings is 2. The molecule has 0 aliphatic rings. The molecule has 0 fully saturated rings. The minimum Gasteiger partial charge on any atom is -0.504 e. The number of carbonyl (C=O) groups excluding carboxylic acids is 1. The third kappa shape index (κ3) is 2.11. The molecule has 0 saturated heterocycles. The minimum absolute atomic E-state index is 0.0661. The maximum absolute atomic E-state index is 11.2. The van der Waals surface area contributed by atoms with Crippen LogP contribution in [0.5, 0.6) is 17.2 Å². The summed E-state index contributed by atoms with van der Waals surface area (Å²) in [6, 6.07) is 8.84. The van der Waals surface area contributed by atoms with E-state index in [0.717, 1.165) is 0 Å². The molecular weight excluding hydrogens is 268 g/mol. The predicted octanol–water partition coefficient (Wildman–Crippen LogP) is 3.24. The molecule has 2 aromatic carbocycles. The topological polar surface area (TPSA) is 66.8 Å². The smallest absolute Gasteiger partial charge is 0.202 e. The average molecular weight is 279 g/mol. The van der Waals surface area contributed by atoms with Crippen LogP contribution in [0.2, 0.25) is 5.02 Å². The number of hydrogen-bond donors (Lipinski definition) is 2. The highest BCUT2D eigenvalue weighted by molar-refractivity contribution is 6.36. The van der Waals surface area contributed by atoms with Crippen molar-refractivity contribution in [1.29, 1.82) is 0 Å². The quantitative estimate of drug-likeness (QED) is 0.668. The maximum atomic E-state index is 11.2. The largest absolute Gasteiger partial charge is 0.504 e. The van der Waals surface area contributed by atoms with Gasteiger partial charge in [0.05, 0.1) is 17.7 Å². The van der Waals surface area contributed by atoms with Crippen LogP contribution in [0.1, 0.15) is 10.4 Å². The zero-order chi connectivity index (χ0) is 14.0. The van der Waals surface area contributed by atoms with E-state index in [-0.39, 0.29) is 16.3 Å². The molecule has 98 valence electrons. The van der Waals surface area contributed by atoms with Gasteiger partial charge in [0.15, 0.2) is 17.8 Å². The number of aromatic hydroxyl groups is 2. The first kappa shape index (κ1) is 13.2.